The Kier molecular flexibility index (Phi) is 4.53. The van der Waals surface area contributed by atoms with Crippen molar-refractivity contribution in [3.63, 3.8) is 0 Å². The Morgan fingerprint density at radius 1 is 1.25 bits per heavy atom. The molecule has 0 spiro atoms. The molecule has 1 aromatic carbocycles. The van der Waals surface area contributed by atoms with Gasteiger partial charge in [0.1, 0.15) is 0 Å². The van der Waals surface area contributed by atoms with Gasteiger partial charge in [-0.05, 0) is 38.1 Å². The van der Waals surface area contributed by atoms with Gasteiger partial charge in [-0.1, -0.05) is 0 Å². The van der Waals surface area contributed by atoms with Crippen LogP contribution in [0.3, 0.4) is 0 Å². The van der Waals surface area contributed by atoms with Crippen LogP contribution in [0.15, 0.2) is 29.4 Å². The number of anilines is 1. The molecule has 2 amide bonds. The monoisotopic (exact) mass is 330 g/mol. The van der Waals surface area contributed by atoms with Crippen molar-refractivity contribution in [1.82, 2.24) is 4.90 Å². The molecule has 0 aliphatic carbocycles. The molecule has 0 radical (unpaired) electrons. The Bertz CT molecular complexity index is 671. The van der Waals surface area contributed by atoms with E-state index in [4.69, 9.17) is 10.5 Å². The summed E-state index contributed by atoms with van der Waals surface area (Å²) in [6, 6.07) is 7.37. The third kappa shape index (κ3) is 3.41. The van der Waals surface area contributed by atoms with E-state index in [1.54, 1.807) is 17.0 Å². The van der Waals surface area contributed by atoms with Crippen LogP contribution in [-0.4, -0.2) is 54.3 Å². The molecular weight excluding hydrogens is 308 g/mol. The van der Waals surface area contributed by atoms with E-state index in [2.05, 4.69) is 5.10 Å². The first-order chi connectivity index (χ1) is 11.4. The van der Waals surface area contributed by atoms with Gasteiger partial charge in [0.15, 0.2) is 6.10 Å². The molecule has 3 rings (SSSR count). The lowest BCUT2D eigenvalue weighted by atomic mass is 10.1. The van der Waals surface area contributed by atoms with Gasteiger partial charge in [0, 0.05) is 30.8 Å². The molecule has 1 fully saturated rings. The van der Waals surface area contributed by atoms with Crippen molar-refractivity contribution >= 4 is 23.2 Å². The van der Waals surface area contributed by atoms with Crippen LogP contribution in [0, 0.1) is 0 Å². The number of rotatable bonds is 3. The maximum Gasteiger partial charge on any atom is 0.254 e. The van der Waals surface area contributed by atoms with Gasteiger partial charge in [-0.25, -0.2) is 0 Å². The number of benzene rings is 1. The summed E-state index contributed by atoms with van der Waals surface area (Å²) < 4.78 is 5.47. The minimum atomic E-state index is -0.751. The first-order valence-corrected chi connectivity index (χ1v) is 8.10. The van der Waals surface area contributed by atoms with E-state index in [1.165, 1.54) is 0 Å². The second-order valence-electron chi connectivity index (χ2n) is 6.30. The van der Waals surface area contributed by atoms with Gasteiger partial charge in [0.05, 0.1) is 18.3 Å². The Balaban J connectivity index is 1.71. The van der Waals surface area contributed by atoms with Crippen molar-refractivity contribution in [2.45, 2.75) is 32.5 Å². The zero-order chi connectivity index (χ0) is 17.3. The fourth-order valence-electron chi connectivity index (χ4n) is 2.99. The Hall–Kier alpha value is -2.41. The average molecular weight is 330 g/mol. The highest BCUT2D eigenvalue weighted by Gasteiger charge is 2.32. The number of amides is 2. The minimum Gasteiger partial charge on any atom is -0.367 e. The molecule has 1 unspecified atom stereocenters. The van der Waals surface area contributed by atoms with Gasteiger partial charge in [0.2, 0.25) is 5.91 Å². The minimum absolute atomic E-state index is 0.121. The number of carbonyl (C=O) groups is 2. The number of hydrazone groups is 1. The van der Waals surface area contributed by atoms with Crippen LogP contribution in [0.4, 0.5) is 5.69 Å². The van der Waals surface area contributed by atoms with Crippen molar-refractivity contribution in [3.8, 4) is 0 Å². The highest BCUT2D eigenvalue weighted by molar-refractivity contribution is 5.95. The summed E-state index contributed by atoms with van der Waals surface area (Å²) in [5.41, 5.74) is 7.96. The number of ether oxygens (including phenoxy) is 1. The van der Waals surface area contributed by atoms with Crippen molar-refractivity contribution in [3.05, 3.63) is 29.8 Å². The number of primary amides is 1. The Morgan fingerprint density at radius 2 is 1.96 bits per heavy atom. The largest absolute Gasteiger partial charge is 0.367 e. The summed E-state index contributed by atoms with van der Waals surface area (Å²) in [6.45, 7) is 5.33. The SMILES string of the molecule is CC1=NN(c2ccc(C(=O)N3CC(C(N)=O)O[C@H](C)C3)cc2)CC1. The lowest BCUT2D eigenvalue weighted by Gasteiger charge is -2.35. The number of hydrogen-bond donors (Lipinski definition) is 1. The smallest absolute Gasteiger partial charge is 0.254 e. The normalized spacial score (nSPS) is 24.0. The summed E-state index contributed by atoms with van der Waals surface area (Å²) in [5, 5.41) is 6.38. The Morgan fingerprint density at radius 3 is 2.54 bits per heavy atom. The molecule has 2 N–H and O–H groups in total. The molecule has 1 saturated heterocycles. The summed E-state index contributed by atoms with van der Waals surface area (Å²) in [7, 11) is 0. The molecular formula is C17H22N4O3. The van der Waals surface area contributed by atoms with Crippen molar-refractivity contribution < 1.29 is 14.3 Å². The van der Waals surface area contributed by atoms with E-state index in [1.807, 2.05) is 31.0 Å². The van der Waals surface area contributed by atoms with Crippen LogP contribution in [0.1, 0.15) is 30.6 Å². The molecule has 128 valence electrons. The fraction of sp³-hybridized carbons (Fsp3) is 0.471. The van der Waals surface area contributed by atoms with Crippen LogP contribution in [0.25, 0.3) is 0 Å². The van der Waals surface area contributed by atoms with Gasteiger partial charge in [-0.3, -0.25) is 14.6 Å². The molecule has 7 nitrogen and oxygen atoms in total. The van der Waals surface area contributed by atoms with Crippen LogP contribution >= 0.6 is 0 Å². The second kappa shape index (κ2) is 6.60. The summed E-state index contributed by atoms with van der Waals surface area (Å²) in [5.74, 6) is -0.666. The molecule has 7 heteroatoms. The highest BCUT2D eigenvalue weighted by Crippen LogP contribution is 2.21. The van der Waals surface area contributed by atoms with E-state index in [0.29, 0.717) is 12.1 Å². The predicted molar refractivity (Wildman–Crippen MR) is 90.9 cm³/mol. The molecule has 2 aliphatic rings. The second-order valence-corrected chi connectivity index (χ2v) is 6.30. The number of nitrogens with two attached hydrogens (primary N) is 1. The van der Waals surface area contributed by atoms with Crippen molar-refractivity contribution in [2.24, 2.45) is 10.8 Å². The number of morpholine rings is 1. The molecule has 0 aromatic heterocycles. The summed E-state index contributed by atoms with van der Waals surface area (Å²) >= 11 is 0. The van der Waals surface area contributed by atoms with E-state index in [-0.39, 0.29) is 18.6 Å². The first kappa shape index (κ1) is 16.4. The number of carbonyl (C=O) groups excluding carboxylic acids is 2. The van der Waals surface area contributed by atoms with Gasteiger partial charge in [0.25, 0.3) is 5.91 Å². The van der Waals surface area contributed by atoms with Crippen molar-refractivity contribution in [2.75, 3.05) is 24.6 Å². The van der Waals surface area contributed by atoms with Gasteiger partial charge >= 0.3 is 0 Å². The zero-order valence-corrected chi connectivity index (χ0v) is 13.9. The molecule has 2 atom stereocenters. The van der Waals surface area contributed by atoms with E-state index in [9.17, 15) is 9.59 Å². The lowest BCUT2D eigenvalue weighted by Crippen LogP contribution is -2.53. The van der Waals surface area contributed by atoms with E-state index >= 15 is 0 Å². The lowest BCUT2D eigenvalue weighted by molar-refractivity contribution is -0.140. The van der Waals surface area contributed by atoms with Gasteiger partial charge in [-0.2, -0.15) is 5.10 Å². The molecule has 1 aromatic rings. The fourth-order valence-corrected chi connectivity index (χ4v) is 2.99. The third-order valence-electron chi connectivity index (χ3n) is 4.25. The molecule has 2 aliphatic heterocycles. The standard InChI is InChI=1S/C17H22N4O3/c1-11-7-8-21(19-11)14-5-3-13(4-6-14)17(23)20-9-12(2)24-15(10-20)16(18)22/h3-6,12,15H,7-10H2,1-2H3,(H2,18,22)/t12-,15?/m1/s1. The summed E-state index contributed by atoms with van der Waals surface area (Å²) in [4.78, 5) is 25.7. The average Bonchev–Trinajstić information content (AvgIpc) is 3.00. The Labute approximate surface area is 141 Å². The molecule has 2 heterocycles. The van der Waals surface area contributed by atoms with Crippen molar-refractivity contribution in [1.29, 1.82) is 0 Å². The van der Waals surface area contributed by atoms with E-state index in [0.717, 1.165) is 24.4 Å². The van der Waals surface area contributed by atoms with E-state index < -0.39 is 12.0 Å². The quantitative estimate of drug-likeness (QED) is 0.895. The van der Waals surface area contributed by atoms with Crippen LogP contribution in [0.2, 0.25) is 0 Å². The first-order valence-electron chi connectivity index (χ1n) is 8.10. The summed E-state index contributed by atoms with van der Waals surface area (Å²) in [6.07, 6.45) is -0.0128. The van der Waals surface area contributed by atoms with Crippen LogP contribution < -0.4 is 10.7 Å². The van der Waals surface area contributed by atoms with Gasteiger partial charge < -0.3 is 15.4 Å². The molecule has 0 saturated carbocycles. The third-order valence-corrected chi connectivity index (χ3v) is 4.25. The zero-order valence-electron chi connectivity index (χ0n) is 13.9. The topological polar surface area (TPSA) is 88.2 Å². The molecule has 0 bridgehead atoms. The van der Waals surface area contributed by atoms with Crippen LogP contribution in [-0.2, 0) is 9.53 Å². The maximum absolute atomic E-state index is 12.7. The highest BCUT2D eigenvalue weighted by atomic mass is 16.5. The maximum atomic E-state index is 12.7. The number of nitrogens with zero attached hydrogens (tertiary/aromatic N) is 3. The van der Waals surface area contributed by atoms with Gasteiger partial charge in [-0.15, -0.1) is 0 Å². The predicted octanol–water partition coefficient (Wildman–Crippen LogP) is 0.987. The molecule has 24 heavy (non-hydrogen) atoms. The number of hydrogen-bond acceptors (Lipinski definition) is 5. The van der Waals surface area contributed by atoms with Crippen LogP contribution in [0.5, 0.6) is 0 Å².